The molecule has 0 aromatic carbocycles. The van der Waals surface area contributed by atoms with Crippen LogP contribution in [0.1, 0.15) is 39.0 Å². The Kier molecular flexibility index (Phi) is 6.06. The maximum absolute atomic E-state index is 7.00. The lowest BCUT2D eigenvalue weighted by Crippen LogP contribution is -1.86. The van der Waals surface area contributed by atoms with Crippen molar-refractivity contribution in [3.8, 4) is 0 Å². The van der Waals surface area contributed by atoms with E-state index < -0.39 is 0 Å². The molecule has 0 heterocycles. The first-order chi connectivity index (χ1) is 4.43. The van der Waals surface area contributed by atoms with E-state index in [2.05, 4.69) is 6.92 Å². The molecule has 56 valence electrons. The zero-order valence-corrected chi connectivity index (χ0v) is 6.56. The van der Waals surface area contributed by atoms with Crippen molar-refractivity contribution >= 4 is 0 Å². The predicted octanol–water partition coefficient (Wildman–Crippen LogP) is 2.20. The monoisotopic (exact) mass is 130 g/mol. The summed E-state index contributed by atoms with van der Waals surface area (Å²) in [7, 11) is 1.00. The number of hydrogen-bond donors (Lipinski definition) is 1. The summed E-state index contributed by atoms with van der Waals surface area (Å²) in [6.07, 6.45) is 7.43. The molecule has 1 aliphatic rings. The van der Waals surface area contributed by atoms with Crippen molar-refractivity contribution in [3.05, 3.63) is 0 Å². The third-order valence-electron chi connectivity index (χ3n) is 2.05. The van der Waals surface area contributed by atoms with Crippen molar-refractivity contribution in [2.24, 2.45) is 5.92 Å². The van der Waals surface area contributed by atoms with Gasteiger partial charge in [-0.2, -0.15) is 0 Å². The van der Waals surface area contributed by atoms with E-state index in [4.69, 9.17) is 5.11 Å². The van der Waals surface area contributed by atoms with Crippen LogP contribution in [0.3, 0.4) is 0 Å². The molecule has 0 bridgehead atoms. The van der Waals surface area contributed by atoms with Crippen molar-refractivity contribution < 1.29 is 5.11 Å². The first-order valence-corrected chi connectivity index (χ1v) is 3.88. The Hall–Kier alpha value is -0.0400. The molecule has 0 spiro atoms. The predicted molar refractivity (Wildman–Crippen MR) is 40.4 cm³/mol. The van der Waals surface area contributed by atoms with Gasteiger partial charge in [-0.15, -0.1) is 0 Å². The fraction of sp³-hybridized carbons (Fsp3) is 1.00. The largest absolute Gasteiger partial charge is 0.400 e. The van der Waals surface area contributed by atoms with Gasteiger partial charge in [0.05, 0.1) is 0 Å². The summed E-state index contributed by atoms with van der Waals surface area (Å²) >= 11 is 0. The van der Waals surface area contributed by atoms with E-state index in [1.54, 1.807) is 0 Å². The Labute approximate surface area is 58.1 Å². The van der Waals surface area contributed by atoms with Crippen LogP contribution in [0.5, 0.6) is 0 Å². The van der Waals surface area contributed by atoms with Gasteiger partial charge in [-0.05, 0) is 5.92 Å². The van der Waals surface area contributed by atoms with Gasteiger partial charge >= 0.3 is 0 Å². The third kappa shape index (κ3) is 3.52. The molecule has 1 heteroatoms. The fourth-order valence-electron chi connectivity index (χ4n) is 1.42. The minimum atomic E-state index is 1.00. The van der Waals surface area contributed by atoms with Crippen LogP contribution in [-0.2, 0) is 0 Å². The molecule has 1 fully saturated rings. The van der Waals surface area contributed by atoms with Crippen LogP contribution in [0.15, 0.2) is 0 Å². The standard InChI is InChI=1S/C7H14.CH4O/c1-2-7-5-3-4-6-7;1-2/h7H,2-6H2,1H3;2H,1H3. The van der Waals surface area contributed by atoms with E-state index in [9.17, 15) is 0 Å². The lowest BCUT2D eigenvalue weighted by atomic mass is 10.1. The lowest BCUT2D eigenvalue weighted by Gasteiger charge is -1.99. The van der Waals surface area contributed by atoms with E-state index in [1.165, 1.54) is 32.1 Å². The molecular formula is C8H18O. The second kappa shape index (κ2) is 6.09. The van der Waals surface area contributed by atoms with Gasteiger partial charge in [0.2, 0.25) is 0 Å². The molecular weight excluding hydrogens is 112 g/mol. The molecule has 0 aliphatic heterocycles. The van der Waals surface area contributed by atoms with Crippen molar-refractivity contribution in [1.29, 1.82) is 0 Å². The van der Waals surface area contributed by atoms with Gasteiger partial charge in [0, 0.05) is 7.11 Å². The highest BCUT2D eigenvalue weighted by Crippen LogP contribution is 2.26. The van der Waals surface area contributed by atoms with E-state index in [0.29, 0.717) is 0 Å². The average Bonchev–Trinajstić information content (AvgIpc) is 2.43. The van der Waals surface area contributed by atoms with Gasteiger partial charge in [0.1, 0.15) is 0 Å². The van der Waals surface area contributed by atoms with Crippen molar-refractivity contribution in [1.82, 2.24) is 0 Å². The molecule has 0 amide bonds. The zero-order chi connectivity index (χ0) is 7.11. The summed E-state index contributed by atoms with van der Waals surface area (Å²) in [6.45, 7) is 2.30. The van der Waals surface area contributed by atoms with Crippen molar-refractivity contribution in [3.63, 3.8) is 0 Å². The molecule has 0 aromatic heterocycles. The maximum atomic E-state index is 7.00. The quantitative estimate of drug-likeness (QED) is 0.577. The van der Waals surface area contributed by atoms with Crippen LogP contribution in [0, 0.1) is 5.92 Å². The fourth-order valence-corrected chi connectivity index (χ4v) is 1.42. The molecule has 0 atom stereocenters. The van der Waals surface area contributed by atoms with Gasteiger partial charge in [-0.25, -0.2) is 0 Å². The molecule has 0 aromatic rings. The van der Waals surface area contributed by atoms with Crippen LogP contribution in [-0.4, -0.2) is 12.2 Å². The SMILES string of the molecule is CCC1CCCC1.CO. The highest BCUT2D eigenvalue weighted by Gasteiger charge is 2.11. The van der Waals surface area contributed by atoms with Gasteiger partial charge in [-0.1, -0.05) is 39.0 Å². The Balaban J connectivity index is 0.000000291. The summed E-state index contributed by atoms with van der Waals surface area (Å²) in [5, 5.41) is 7.00. The van der Waals surface area contributed by atoms with E-state index in [-0.39, 0.29) is 0 Å². The van der Waals surface area contributed by atoms with Crippen LogP contribution >= 0.6 is 0 Å². The second-order valence-electron chi connectivity index (χ2n) is 2.56. The Bertz CT molecular complexity index is 46.5. The highest BCUT2D eigenvalue weighted by molar-refractivity contribution is 4.64. The molecule has 0 unspecified atom stereocenters. The molecule has 1 rings (SSSR count). The first kappa shape index (κ1) is 8.96. The molecule has 1 saturated carbocycles. The van der Waals surface area contributed by atoms with Gasteiger partial charge in [-0.3, -0.25) is 0 Å². The van der Waals surface area contributed by atoms with Crippen LogP contribution in [0.4, 0.5) is 0 Å². The zero-order valence-electron chi connectivity index (χ0n) is 6.56. The van der Waals surface area contributed by atoms with Crippen LogP contribution in [0.25, 0.3) is 0 Å². The number of aliphatic hydroxyl groups is 1. The van der Waals surface area contributed by atoms with E-state index >= 15 is 0 Å². The molecule has 1 aliphatic carbocycles. The van der Waals surface area contributed by atoms with Crippen molar-refractivity contribution in [2.75, 3.05) is 7.11 Å². The van der Waals surface area contributed by atoms with Gasteiger partial charge < -0.3 is 5.11 Å². The minimum Gasteiger partial charge on any atom is -0.400 e. The molecule has 9 heavy (non-hydrogen) atoms. The van der Waals surface area contributed by atoms with Crippen LogP contribution < -0.4 is 0 Å². The average molecular weight is 130 g/mol. The summed E-state index contributed by atoms with van der Waals surface area (Å²) in [5.41, 5.74) is 0. The summed E-state index contributed by atoms with van der Waals surface area (Å²) in [4.78, 5) is 0. The van der Waals surface area contributed by atoms with E-state index in [1.807, 2.05) is 0 Å². The number of aliphatic hydroxyl groups excluding tert-OH is 1. The van der Waals surface area contributed by atoms with Gasteiger partial charge in [0.15, 0.2) is 0 Å². The summed E-state index contributed by atoms with van der Waals surface area (Å²) < 4.78 is 0. The second-order valence-corrected chi connectivity index (χ2v) is 2.56. The molecule has 1 N–H and O–H groups in total. The maximum Gasteiger partial charge on any atom is 0.0319 e. The Morgan fingerprint density at radius 3 is 1.89 bits per heavy atom. The summed E-state index contributed by atoms with van der Waals surface area (Å²) in [6, 6.07) is 0. The molecule has 0 radical (unpaired) electrons. The topological polar surface area (TPSA) is 20.2 Å². The summed E-state index contributed by atoms with van der Waals surface area (Å²) in [5.74, 6) is 1.10. The molecule has 1 nitrogen and oxygen atoms in total. The number of rotatable bonds is 1. The highest BCUT2D eigenvalue weighted by atomic mass is 16.2. The Morgan fingerprint density at radius 2 is 1.67 bits per heavy atom. The number of hydrogen-bond acceptors (Lipinski definition) is 1. The smallest absolute Gasteiger partial charge is 0.0319 e. The van der Waals surface area contributed by atoms with Crippen LogP contribution in [0.2, 0.25) is 0 Å². The van der Waals surface area contributed by atoms with E-state index in [0.717, 1.165) is 13.0 Å². The van der Waals surface area contributed by atoms with Gasteiger partial charge in [0.25, 0.3) is 0 Å². The normalized spacial score (nSPS) is 19.0. The Morgan fingerprint density at radius 1 is 1.22 bits per heavy atom. The molecule has 0 saturated heterocycles. The van der Waals surface area contributed by atoms with Crippen molar-refractivity contribution in [2.45, 2.75) is 39.0 Å². The third-order valence-corrected chi connectivity index (χ3v) is 2.05. The lowest BCUT2D eigenvalue weighted by molar-refractivity contribution is 0.399. The first-order valence-electron chi connectivity index (χ1n) is 3.88. The minimum absolute atomic E-state index is 1.00.